The zero-order valence-electron chi connectivity index (χ0n) is 14.0. The Morgan fingerprint density at radius 3 is 2.68 bits per heavy atom. The summed E-state index contributed by atoms with van der Waals surface area (Å²) in [5.41, 5.74) is 5.23. The van der Waals surface area contributed by atoms with Gasteiger partial charge in [0.25, 0.3) is 5.01 Å². The number of hydrogen-bond donors (Lipinski definition) is 0. The van der Waals surface area contributed by atoms with Gasteiger partial charge in [-0.15, -0.1) is 0 Å². The van der Waals surface area contributed by atoms with Gasteiger partial charge in [-0.2, -0.15) is 13.3 Å². The maximum atomic E-state index is 6.11. The van der Waals surface area contributed by atoms with E-state index >= 15 is 0 Å². The second-order valence-electron chi connectivity index (χ2n) is 5.97. The summed E-state index contributed by atoms with van der Waals surface area (Å²) in [6.45, 7) is 0. The number of thiazole rings is 1. The van der Waals surface area contributed by atoms with Crippen molar-refractivity contribution in [1.29, 1.82) is 0 Å². The Bertz CT molecular complexity index is 1110. The number of halogens is 1. The predicted octanol–water partition coefficient (Wildman–Crippen LogP) is 4.62. The fourth-order valence-corrected chi connectivity index (χ4v) is 4.73. The molecule has 126 valence electrons. The molecule has 4 aromatic rings. The minimum atomic E-state index is 0.763. The zero-order chi connectivity index (χ0) is 17.6. The van der Waals surface area contributed by atoms with Crippen molar-refractivity contribution in [2.45, 2.75) is 0 Å². The molecule has 0 amide bonds. The zero-order valence-corrected chi connectivity index (χ0v) is 16.4. The normalized spacial score (nSPS) is 11.8. The molecule has 2 aromatic heterocycles. The first kappa shape index (κ1) is 16.4. The Morgan fingerprint density at radius 2 is 1.88 bits per heavy atom. The van der Waals surface area contributed by atoms with Crippen LogP contribution in [0.2, 0.25) is 5.02 Å². The molecule has 0 N–H and O–H groups in total. The Labute approximate surface area is 158 Å². The molecule has 0 fully saturated rings. The van der Waals surface area contributed by atoms with Gasteiger partial charge < -0.3 is 4.90 Å². The molecular weight excluding hydrogens is 372 g/mol. The van der Waals surface area contributed by atoms with E-state index in [1.165, 1.54) is 21.9 Å². The maximum Gasteiger partial charge on any atom is 0.262 e. The van der Waals surface area contributed by atoms with E-state index in [0.29, 0.717) is 0 Å². The molecule has 0 atom stereocenters. The number of hydrogen-bond acceptors (Lipinski definition) is 5. The van der Waals surface area contributed by atoms with Crippen LogP contribution in [0.5, 0.6) is 0 Å². The summed E-state index contributed by atoms with van der Waals surface area (Å²) >= 11 is 9.08. The van der Waals surface area contributed by atoms with Gasteiger partial charge in [-0.25, -0.2) is 0 Å². The van der Waals surface area contributed by atoms with E-state index in [9.17, 15) is 0 Å². The van der Waals surface area contributed by atoms with Crippen LogP contribution in [0.1, 0.15) is 10.6 Å². The molecule has 0 radical (unpaired) electrons. The number of anilines is 1. The first-order chi connectivity index (χ1) is 12.0. The first-order valence-corrected chi connectivity index (χ1v) is 9.66. The maximum absolute atomic E-state index is 6.11. The van der Waals surface area contributed by atoms with Gasteiger partial charge in [0, 0.05) is 36.8 Å². The van der Waals surface area contributed by atoms with Gasteiger partial charge in [-0.05, 0) is 24.3 Å². The molecule has 0 bridgehead atoms. The Balaban J connectivity index is 1.78. The second-order valence-corrected chi connectivity index (χ2v) is 8.00. The fourth-order valence-electron chi connectivity index (χ4n) is 2.82. The van der Waals surface area contributed by atoms with E-state index in [1.807, 2.05) is 26.2 Å². The van der Waals surface area contributed by atoms with Crippen LogP contribution in [0.3, 0.4) is 0 Å². The largest absolute Gasteiger partial charge is 0.376 e. The molecule has 0 aliphatic rings. The van der Waals surface area contributed by atoms with Crippen LogP contribution >= 0.6 is 34.7 Å². The second kappa shape index (κ2) is 6.37. The molecule has 0 saturated heterocycles. The average molecular weight is 388 g/mol. The number of fused-ring (bicyclic) bond motifs is 2. The summed E-state index contributed by atoms with van der Waals surface area (Å²) in [5.74, 6) is 0. The van der Waals surface area contributed by atoms with E-state index in [2.05, 4.69) is 55.6 Å². The third kappa shape index (κ3) is 2.90. The quantitative estimate of drug-likeness (QED) is 0.481. The van der Waals surface area contributed by atoms with Crippen molar-refractivity contribution in [3.05, 3.63) is 45.9 Å². The SMILES string of the molecule is CN(C)c1ccc(/C=C/c2sc3cc(Cl)ccc3[n+]2C)c2nsnc12. The predicted molar refractivity (Wildman–Crippen MR) is 109 cm³/mol. The number of aryl methyl sites for hydroxylation is 1. The summed E-state index contributed by atoms with van der Waals surface area (Å²) < 4.78 is 12.3. The van der Waals surface area contributed by atoms with E-state index < -0.39 is 0 Å². The third-order valence-electron chi connectivity index (χ3n) is 4.14. The van der Waals surface area contributed by atoms with Crippen LogP contribution in [0.25, 0.3) is 33.4 Å². The topological polar surface area (TPSA) is 32.9 Å². The highest BCUT2D eigenvalue weighted by Gasteiger charge is 2.15. The van der Waals surface area contributed by atoms with Gasteiger partial charge in [0.1, 0.15) is 22.8 Å². The molecular formula is C18H16ClN4S2+. The van der Waals surface area contributed by atoms with E-state index in [-0.39, 0.29) is 0 Å². The van der Waals surface area contributed by atoms with Crippen LogP contribution in [0.15, 0.2) is 30.3 Å². The summed E-state index contributed by atoms with van der Waals surface area (Å²) in [5, 5.41) is 1.92. The van der Waals surface area contributed by atoms with Crippen LogP contribution in [-0.4, -0.2) is 22.8 Å². The van der Waals surface area contributed by atoms with Crippen molar-refractivity contribution in [3.63, 3.8) is 0 Å². The minimum absolute atomic E-state index is 0.763. The van der Waals surface area contributed by atoms with Gasteiger partial charge in [-0.1, -0.05) is 29.0 Å². The minimum Gasteiger partial charge on any atom is -0.376 e. The molecule has 0 saturated carbocycles. The van der Waals surface area contributed by atoms with Crippen molar-refractivity contribution >= 4 is 73.8 Å². The number of benzene rings is 2. The lowest BCUT2D eigenvalue weighted by molar-refractivity contribution is -0.642. The molecule has 7 heteroatoms. The molecule has 4 rings (SSSR count). The van der Waals surface area contributed by atoms with Crippen LogP contribution in [-0.2, 0) is 7.05 Å². The molecule has 0 aliphatic heterocycles. The standard InChI is InChI=1S/C18H16ClN4S2/c1-22(2)14-7-4-11(17-18(14)21-25-20-17)5-9-16-23(3)13-8-6-12(19)10-15(13)24-16/h4-10H,1-3H3/q+1. The molecule has 0 aliphatic carbocycles. The van der Waals surface area contributed by atoms with Crippen molar-refractivity contribution < 1.29 is 4.57 Å². The summed E-state index contributed by atoms with van der Waals surface area (Å²) in [7, 11) is 6.11. The van der Waals surface area contributed by atoms with Crippen molar-refractivity contribution in [1.82, 2.24) is 8.75 Å². The highest BCUT2D eigenvalue weighted by atomic mass is 35.5. The smallest absolute Gasteiger partial charge is 0.262 e. The monoisotopic (exact) mass is 387 g/mol. The molecule has 0 unspecified atom stereocenters. The van der Waals surface area contributed by atoms with E-state index in [0.717, 1.165) is 32.3 Å². The third-order valence-corrected chi connectivity index (χ3v) is 6.07. The lowest BCUT2D eigenvalue weighted by Crippen LogP contribution is -2.28. The van der Waals surface area contributed by atoms with Gasteiger partial charge in [0.2, 0.25) is 5.52 Å². The Kier molecular flexibility index (Phi) is 4.19. The molecule has 25 heavy (non-hydrogen) atoms. The Morgan fingerprint density at radius 1 is 1.08 bits per heavy atom. The molecule has 0 spiro atoms. The fraction of sp³-hybridized carbons (Fsp3) is 0.167. The number of nitrogens with zero attached hydrogens (tertiary/aromatic N) is 4. The molecule has 2 heterocycles. The van der Waals surface area contributed by atoms with Crippen LogP contribution in [0.4, 0.5) is 5.69 Å². The van der Waals surface area contributed by atoms with Crippen LogP contribution in [0, 0.1) is 0 Å². The average Bonchev–Trinajstić information content (AvgIpc) is 3.17. The van der Waals surface area contributed by atoms with Crippen molar-refractivity contribution in [2.75, 3.05) is 19.0 Å². The lowest BCUT2D eigenvalue weighted by atomic mass is 10.1. The van der Waals surface area contributed by atoms with Gasteiger partial charge in [-0.3, -0.25) is 0 Å². The Hall–Kier alpha value is -2.02. The van der Waals surface area contributed by atoms with Gasteiger partial charge in [0.05, 0.1) is 17.4 Å². The van der Waals surface area contributed by atoms with Gasteiger partial charge in [0.15, 0.2) is 0 Å². The van der Waals surface area contributed by atoms with E-state index in [4.69, 9.17) is 11.6 Å². The number of aromatic nitrogens is 3. The van der Waals surface area contributed by atoms with Crippen LogP contribution < -0.4 is 9.47 Å². The molecule has 2 aromatic carbocycles. The first-order valence-electron chi connectivity index (χ1n) is 7.73. The van der Waals surface area contributed by atoms with E-state index in [1.54, 1.807) is 11.3 Å². The number of rotatable bonds is 3. The van der Waals surface area contributed by atoms with Crippen molar-refractivity contribution in [3.8, 4) is 0 Å². The highest BCUT2D eigenvalue weighted by molar-refractivity contribution is 7.19. The summed E-state index contributed by atoms with van der Waals surface area (Å²) in [6, 6.07) is 10.2. The highest BCUT2D eigenvalue weighted by Crippen LogP contribution is 2.29. The summed E-state index contributed by atoms with van der Waals surface area (Å²) in [4.78, 5) is 2.06. The lowest BCUT2D eigenvalue weighted by Gasteiger charge is -2.12. The molecule has 4 nitrogen and oxygen atoms in total. The summed E-state index contributed by atoms with van der Waals surface area (Å²) in [6.07, 6.45) is 4.23. The van der Waals surface area contributed by atoms with Gasteiger partial charge >= 0.3 is 0 Å². The van der Waals surface area contributed by atoms with Crippen molar-refractivity contribution in [2.24, 2.45) is 7.05 Å².